The topological polar surface area (TPSA) is 93.5 Å². The summed E-state index contributed by atoms with van der Waals surface area (Å²) < 4.78 is 11.2. The van der Waals surface area contributed by atoms with Crippen LogP contribution in [-0.4, -0.2) is 53.1 Å². The van der Waals surface area contributed by atoms with Crippen LogP contribution in [0.4, 0.5) is 5.82 Å². The Bertz CT molecular complexity index is 443. The average Bonchev–Trinajstić information content (AvgIpc) is 3.00. The van der Waals surface area contributed by atoms with Crippen LogP contribution in [0.1, 0.15) is 23.3 Å². The second-order valence-corrected chi connectivity index (χ2v) is 4.61. The lowest BCUT2D eigenvalue weighted by Crippen LogP contribution is -2.47. The van der Waals surface area contributed by atoms with E-state index in [9.17, 15) is 4.79 Å². The predicted octanol–water partition coefficient (Wildman–Crippen LogP) is -0.0290. The Balaban J connectivity index is 1.64. The molecule has 0 radical (unpaired) electrons. The number of hydrogen-bond acceptors (Lipinski definition) is 5. The number of piperidine rings is 1. The van der Waals surface area contributed by atoms with Crippen LogP contribution in [-0.2, 0) is 9.47 Å². The van der Waals surface area contributed by atoms with Crippen molar-refractivity contribution < 1.29 is 14.3 Å². The molecule has 0 atom stereocenters. The number of anilines is 1. The number of hydrogen-bond donors (Lipinski definition) is 2. The summed E-state index contributed by atoms with van der Waals surface area (Å²) in [5.74, 6) is -0.203. The van der Waals surface area contributed by atoms with Crippen LogP contribution in [0.15, 0.2) is 6.07 Å². The first kappa shape index (κ1) is 11.5. The molecule has 2 aliphatic rings. The van der Waals surface area contributed by atoms with Crippen LogP contribution in [0.25, 0.3) is 0 Å². The molecule has 0 aromatic carbocycles. The number of H-pyrrole nitrogens is 1. The smallest absolute Gasteiger partial charge is 0.271 e. The zero-order chi connectivity index (χ0) is 12.6. The fourth-order valence-electron chi connectivity index (χ4n) is 2.45. The van der Waals surface area contributed by atoms with E-state index in [0.29, 0.717) is 50.7 Å². The molecule has 2 aliphatic heterocycles. The van der Waals surface area contributed by atoms with Gasteiger partial charge in [0, 0.05) is 32.0 Å². The summed E-state index contributed by atoms with van der Waals surface area (Å²) in [4.78, 5) is 13.9. The molecular formula is C11H16N4O3. The van der Waals surface area contributed by atoms with E-state index in [-0.39, 0.29) is 5.91 Å². The van der Waals surface area contributed by atoms with Crippen molar-refractivity contribution in [2.24, 2.45) is 0 Å². The Morgan fingerprint density at radius 2 is 2.06 bits per heavy atom. The minimum absolute atomic E-state index is 0.0768. The summed E-state index contributed by atoms with van der Waals surface area (Å²) in [6.45, 7) is 2.53. The summed E-state index contributed by atoms with van der Waals surface area (Å²) in [5, 5.41) is 6.39. The number of aromatic amines is 1. The number of nitrogens with zero attached hydrogens (tertiary/aromatic N) is 2. The number of nitrogen functional groups attached to an aromatic ring is 1. The van der Waals surface area contributed by atoms with Crippen molar-refractivity contribution in [1.29, 1.82) is 0 Å². The highest BCUT2D eigenvalue weighted by Gasteiger charge is 2.41. The molecule has 1 aromatic rings. The molecule has 0 unspecified atom stereocenters. The van der Waals surface area contributed by atoms with E-state index in [1.54, 1.807) is 11.0 Å². The van der Waals surface area contributed by atoms with E-state index in [2.05, 4.69) is 10.2 Å². The first-order valence-electron chi connectivity index (χ1n) is 6.07. The number of rotatable bonds is 1. The van der Waals surface area contributed by atoms with Gasteiger partial charge >= 0.3 is 0 Å². The summed E-state index contributed by atoms with van der Waals surface area (Å²) in [5.41, 5.74) is 5.91. The molecule has 98 valence electrons. The van der Waals surface area contributed by atoms with Crippen LogP contribution < -0.4 is 5.73 Å². The molecule has 7 nitrogen and oxygen atoms in total. The monoisotopic (exact) mass is 252 g/mol. The zero-order valence-corrected chi connectivity index (χ0v) is 10.0. The van der Waals surface area contributed by atoms with Gasteiger partial charge < -0.3 is 20.1 Å². The maximum absolute atomic E-state index is 12.1. The van der Waals surface area contributed by atoms with E-state index in [1.165, 1.54) is 0 Å². The number of likely N-dealkylation sites (tertiary alicyclic amines) is 1. The molecule has 0 aliphatic carbocycles. The molecule has 1 amide bonds. The summed E-state index contributed by atoms with van der Waals surface area (Å²) in [7, 11) is 0. The molecule has 3 N–H and O–H groups in total. The summed E-state index contributed by atoms with van der Waals surface area (Å²) >= 11 is 0. The molecule has 0 saturated carbocycles. The Morgan fingerprint density at radius 1 is 1.39 bits per heavy atom. The van der Waals surface area contributed by atoms with Gasteiger partial charge in [-0.2, -0.15) is 5.10 Å². The van der Waals surface area contributed by atoms with Gasteiger partial charge in [-0.3, -0.25) is 9.89 Å². The van der Waals surface area contributed by atoms with Gasteiger partial charge in [-0.15, -0.1) is 0 Å². The van der Waals surface area contributed by atoms with Crippen molar-refractivity contribution >= 4 is 11.7 Å². The lowest BCUT2D eigenvalue weighted by molar-refractivity contribution is -0.181. The third kappa shape index (κ3) is 1.95. The number of nitrogens with one attached hydrogen (secondary N) is 1. The first-order valence-corrected chi connectivity index (χ1v) is 6.07. The number of aromatic nitrogens is 2. The lowest BCUT2D eigenvalue weighted by Gasteiger charge is -2.37. The largest absolute Gasteiger partial charge is 0.382 e. The fraction of sp³-hybridized carbons (Fsp3) is 0.636. The van der Waals surface area contributed by atoms with Gasteiger partial charge in [-0.25, -0.2) is 0 Å². The van der Waals surface area contributed by atoms with Gasteiger partial charge in [-0.1, -0.05) is 0 Å². The van der Waals surface area contributed by atoms with Crippen molar-refractivity contribution in [2.45, 2.75) is 18.6 Å². The molecule has 0 bridgehead atoms. The zero-order valence-electron chi connectivity index (χ0n) is 10.0. The van der Waals surface area contributed by atoms with E-state index in [4.69, 9.17) is 15.2 Å². The van der Waals surface area contributed by atoms with E-state index >= 15 is 0 Å². The summed E-state index contributed by atoms with van der Waals surface area (Å²) in [6.07, 6.45) is 1.42. The van der Waals surface area contributed by atoms with Crippen LogP contribution in [0.2, 0.25) is 0 Å². The molecule has 1 aromatic heterocycles. The van der Waals surface area contributed by atoms with Gasteiger partial charge in [0.2, 0.25) is 0 Å². The van der Waals surface area contributed by atoms with Crippen LogP contribution in [0.3, 0.4) is 0 Å². The van der Waals surface area contributed by atoms with E-state index in [0.717, 1.165) is 0 Å². The van der Waals surface area contributed by atoms with Gasteiger partial charge in [0.1, 0.15) is 11.5 Å². The maximum Gasteiger partial charge on any atom is 0.271 e. The highest BCUT2D eigenvalue weighted by atomic mass is 16.7. The quantitative estimate of drug-likeness (QED) is 0.732. The molecule has 3 heterocycles. The Kier molecular flexibility index (Phi) is 2.71. The molecule has 2 saturated heterocycles. The van der Waals surface area contributed by atoms with Crippen molar-refractivity contribution in [1.82, 2.24) is 15.1 Å². The van der Waals surface area contributed by atoms with Crippen molar-refractivity contribution in [2.75, 3.05) is 32.0 Å². The van der Waals surface area contributed by atoms with E-state index in [1.807, 2.05) is 0 Å². The molecule has 1 spiro atoms. The number of carbonyl (C=O) groups is 1. The van der Waals surface area contributed by atoms with Gasteiger partial charge in [0.15, 0.2) is 5.79 Å². The van der Waals surface area contributed by atoms with Crippen molar-refractivity contribution in [3.63, 3.8) is 0 Å². The van der Waals surface area contributed by atoms with Crippen molar-refractivity contribution in [3.05, 3.63) is 11.8 Å². The predicted molar refractivity (Wildman–Crippen MR) is 62.8 cm³/mol. The van der Waals surface area contributed by atoms with Gasteiger partial charge in [0.05, 0.1) is 13.2 Å². The SMILES string of the molecule is Nc1cc(C(=O)N2CCC3(CC2)OCCO3)[nH]n1. The maximum atomic E-state index is 12.1. The van der Waals surface area contributed by atoms with Crippen LogP contribution in [0.5, 0.6) is 0 Å². The molecule has 2 fully saturated rings. The average molecular weight is 252 g/mol. The molecule has 3 rings (SSSR count). The Morgan fingerprint density at radius 3 is 2.61 bits per heavy atom. The highest BCUT2D eigenvalue weighted by molar-refractivity contribution is 5.93. The molecular weight excluding hydrogens is 236 g/mol. The Hall–Kier alpha value is -1.60. The Labute approximate surface area is 104 Å². The van der Waals surface area contributed by atoms with Gasteiger partial charge in [0.25, 0.3) is 5.91 Å². The normalized spacial score (nSPS) is 22.6. The number of amides is 1. The van der Waals surface area contributed by atoms with Gasteiger partial charge in [-0.05, 0) is 0 Å². The standard InChI is InChI=1S/C11H16N4O3/c12-9-7-8(13-14-9)10(16)15-3-1-11(2-4-15)17-5-6-18-11/h7H,1-6H2,(H3,12,13,14). The van der Waals surface area contributed by atoms with E-state index < -0.39 is 5.79 Å². The van der Waals surface area contributed by atoms with Crippen LogP contribution in [0, 0.1) is 0 Å². The third-order valence-corrected chi connectivity index (χ3v) is 3.45. The minimum atomic E-state index is -0.455. The minimum Gasteiger partial charge on any atom is -0.382 e. The number of ether oxygens (including phenoxy) is 2. The third-order valence-electron chi connectivity index (χ3n) is 3.45. The number of carbonyl (C=O) groups excluding carboxylic acids is 1. The highest BCUT2D eigenvalue weighted by Crippen LogP contribution is 2.31. The molecule has 7 heteroatoms. The summed E-state index contributed by atoms with van der Waals surface area (Å²) in [6, 6.07) is 1.55. The van der Waals surface area contributed by atoms with Crippen LogP contribution >= 0.6 is 0 Å². The fourth-order valence-corrected chi connectivity index (χ4v) is 2.45. The van der Waals surface area contributed by atoms with Crippen molar-refractivity contribution in [3.8, 4) is 0 Å². The second kappa shape index (κ2) is 4.25. The number of nitrogens with two attached hydrogens (primary N) is 1. The first-order chi connectivity index (χ1) is 8.69. The molecule has 18 heavy (non-hydrogen) atoms. The second-order valence-electron chi connectivity index (χ2n) is 4.61. The lowest BCUT2D eigenvalue weighted by atomic mass is 10.0.